The molecule has 4 nitrogen and oxygen atoms in total. The normalized spacial score (nSPS) is 16.9. The Hall–Kier alpha value is -2.67. The molecular formula is C23H27N3O. The number of fused-ring (bicyclic) bond motifs is 1. The topological polar surface area (TPSA) is 39.5 Å². The van der Waals surface area contributed by atoms with Crippen LogP contribution in [0.25, 0.3) is 0 Å². The Morgan fingerprint density at radius 1 is 0.926 bits per heavy atom. The van der Waals surface area contributed by atoms with E-state index >= 15 is 0 Å². The van der Waals surface area contributed by atoms with Gasteiger partial charge >= 0.3 is 0 Å². The molecule has 3 heterocycles. The van der Waals surface area contributed by atoms with E-state index in [1.807, 2.05) is 24.3 Å². The van der Waals surface area contributed by atoms with Gasteiger partial charge in [-0.15, -0.1) is 0 Å². The molecule has 0 spiro atoms. The molecule has 0 saturated carbocycles. The molecule has 0 saturated heterocycles. The number of anilines is 2. The van der Waals surface area contributed by atoms with Crippen molar-refractivity contribution in [3.63, 3.8) is 0 Å². The number of rotatable bonds is 2. The van der Waals surface area contributed by atoms with E-state index in [1.54, 1.807) is 16.8 Å². The molecule has 27 heavy (non-hydrogen) atoms. The second-order valence-electron chi connectivity index (χ2n) is 7.33. The number of benzene rings is 2. The molecule has 5 rings (SSSR count). The highest BCUT2D eigenvalue weighted by Crippen LogP contribution is 2.34. The van der Waals surface area contributed by atoms with Gasteiger partial charge in [-0.1, -0.05) is 30.3 Å². The van der Waals surface area contributed by atoms with Crippen molar-refractivity contribution in [1.29, 1.82) is 5.26 Å². The van der Waals surface area contributed by atoms with E-state index in [2.05, 4.69) is 34.1 Å². The number of ether oxygens (including phenoxy) is 1. The lowest BCUT2D eigenvalue weighted by atomic mass is 9.92. The van der Waals surface area contributed by atoms with E-state index in [0.717, 1.165) is 24.5 Å². The van der Waals surface area contributed by atoms with E-state index < -0.39 is 0 Å². The maximum absolute atomic E-state index is 8.54. The Balaban J connectivity index is 0.000000134. The Morgan fingerprint density at radius 2 is 1.67 bits per heavy atom. The highest BCUT2D eigenvalue weighted by molar-refractivity contribution is 5.62. The average molecular weight is 361 g/mol. The number of nitriles is 1. The third-order valence-corrected chi connectivity index (χ3v) is 5.59. The van der Waals surface area contributed by atoms with Crippen LogP contribution in [0.5, 0.6) is 5.75 Å². The van der Waals surface area contributed by atoms with Gasteiger partial charge in [0.25, 0.3) is 0 Å². The van der Waals surface area contributed by atoms with Crippen LogP contribution in [0, 0.1) is 11.3 Å². The SMILES string of the molecule is N#CCCN1CCOc2ccccc21.c1cc2c3c(c1)CCCN3CCC2. The summed E-state index contributed by atoms with van der Waals surface area (Å²) >= 11 is 0. The predicted octanol–water partition coefficient (Wildman–Crippen LogP) is 4.18. The van der Waals surface area contributed by atoms with Gasteiger partial charge in [-0.3, -0.25) is 0 Å². The monoisotopic (exact) mass is 361 g/mol. The van der Waals surface area contributed by atoms with Crippen molar-refractivity contribution in [3.05, 3.63) is 53.6 Å². The lowest BCUT2D eigenvalue weighted by Crippen LogP contribution is -2.34. The Morgan fingerprint density at radius 3 is 2.41 bits per heavy atom. The van der Waals surface area contributed by atoms with Crippen molar-refractivity contribution < 1.29 is 4.74 Å². The van der Waals surface area contributed by atoms with Crippen LogP contribution in [0.3, 0.4) is 0 Å². The third kappa shape index (κ3) is 3.88. The summed E-state index contributed by atoms with van der Waals surface area (Å²) in [6.07, 6.45) is 5.83. The Bertz CT molecular complexity index is 798. The standard InChI is InChI=1S/C12H15N.C11H12N2O/c1-4-10-6-2-8-13-9-3-7-11(5-1)12(10)13;12-6-3-7-13-8-9-14-11-5-2-1-4-10(11)13/h1,4-5H,2-3,6-9H2;1-2,4-5H,3,7-9H2. The molecule has 2 aromatic carbocycles. The summed E-state index contributed by atoms with van der Waals surface area (Å²) in [5.74, 6) is 0.927. The average Bonchev–Trinajstić information content (AvgIpc) is 2.73. The van der Waals surface area contributed by atoms with Crippen LogP contribution in [-0.4, -0.2) is 32.8 Å². The first-order valence-electron chi connectivity index (χ1n) is 10.1. The molecule has 140 valence electrons. The van der Waals surface area contributed by atoms with Crippen LogP contribution in [0.4, 0.5) is 11.4 Å². The quantitative estimate of drug-likeness (QED) is 0.804. The maximum atomic E-state index is 8.54. The molecule has 0 radical (unpaired) electrons. The van der Waals surface area contributed by atoms with Crippen LogP contribution in [0.15, 0.2) is 42.5 Å². The molecule has 3 aliphatic heterocycles. The Labute approximate surface area is 162 Å². The smallest absolute Gasteiger partial charge is 0.142 e. The molecule has 2 aromatic rings. The molecule has 0 fully saturated rings. The van der Waals surface area contributed by atoms with Gasteiger partial charge in [-0.25, -0.2) is 0 Å². The second kappa shape index (κ2) is 8.35. The number of hydrogen-bond donors (Lipinski definition) is 0. The number of para-hydroxylation sites is 3. The largest absolute Gasteiger partial charge is 0.490 e. The van der Waals surface area contributed by atoms with Crippen molar-refractivity contribution >= 4 is 11.4 Å². The summed E-state index contributed by atoms with van der Waals surface area (Å²) in [5.41, 5.74) is 5.86. The second-order valence-corrected chi connectivity index (χ2v) is 7.33. The third-order valence-electron chi connectivity index (χ3n) is 5.59. The molecule has 0 aliphatic carbocycles. The fourth-order valence-corrected chi connectivity index (χ4v) is 4.35. The zero-order valence-corrected chi connectivity index (χ0v) is 15.9. The van der Waals surface area contributed by atoms with Gasteiger partial charge in [-0.2, -0.15) is 5.26 Å². The van der Waals surface area contributed by atoms with E-state index in [0.29, 0.717) is 13.0 Å². The van der Waals surface area contributed by atoms with Crippen LogP contribution in [0.1, 0.15) is 30.4 Å². The molecule has 0 amide bonds. The predicted molar refractivity (Wildman–Crippen MR) is 110 cm³/mol. The van der Waals surface area contributed by atoms with Gasteiger partial charge in [-0.05, 0) is 48.9 Å². The lowest BCUT2D eigenvalue weighted by Gasteiger charge is -2.36. The molecule has 0 aromatic heterocycles. The summed E-state index contributed by atoms with van der Waals surface area (Å²) in [4.78, 5) is 4.78. The van der Waals surface area contributed by atoms with Gasteiger partial charge in [0.15, 0.2) is 0 Å². The lowest BCUT2D eigenvalue weighted by molar-refractivity contribution is 0.308. The number of hydrogen-bond acceptors (Lipinski definition) is 4. The summed E-state index contributed by atoms with van der Waals surface area (Å²) in [6, 6.07) is 16.9. The summed E-state index contributed by atoms with van der Waals surface area (Å²) < 4.78 is 5.51. The molecule has 4 heteroatoms. The minimum Gasteiger partial charge on any atom is -0.490 e. The first-order chi connectivity index (χ1) is 13.4. The van der Waals surface area contributed by atoms with Gasteiger partial charge < -0.3 is 14.5 Å². The van der Waals surface area contributed by atoms with Crippen LogP contribution >= 0.6 is 0 Å². The zero-order valence-electron chi connectivity index (χ0n) is 15.9. The molecule has 0 bridgehead atoms. The van der Waals surface area contributed by atoms with Gasteiger partial charge in [0.1, 0.15) is 12.4 Å². The van der Waals surface area contributed by atoms with E-state index in [1.165, 1.54) is 38.8 Å². The van der Waals surface area contributed by atoms with Gasteiger partial charge in [0, 0.05) is 25.3 Å². The molecular weight excluding hydrogens is 334 g/mol. The highest BCUT2D eigenvalue weighted by atomic mass is 16.5. The minimum absolute atomic E-state index is 0.564. The van der Waals surface area contributed by atoms with Crippen LogP contribution in [0.2, 0.25) is 0 Å². The zero-order chi connectivity index (χ0) is 18.5. The first-order valence-corrected chi connectivity index (χ1v) is 10.1. The van der Waals surface area contributed by atoms with E-state index in [4.69, 9.17) is 10.00 Å². The van der Waals surface area contributed by atoms with Crippen LogP contribution in [-0.2, 0) is 12.8 Å². The van der Waals surface area contributed by atoms with Crippen molar-refractivity contribution in [2.24, 2.45) is 0 Å². The molecule has 3 aliphatic rings. The molecule has 0 atom stereocenters. The maximum Gasteiger partial charge on any atom is 0.142 e. The summed E-state index contributed by atoms with van der Waals surface area (Å²) in [6.45, 7) is 4.94. The van der Waals surface area contributed by atoms with Gasteiger partial charge in [0.2, 0.25) is 0 Å². The highest BCUT2D eigenvalue weighted by Gasteiger charge is 2.22. The number of aryl methyl sites for hydroxylation is 2. The fraction of sp³-hybridized carbons (Fsp3) is 0.435. The van der Waals surface area contributed by atoms with E-state index in [-0.39, 0.29) is 0 Å². The van der Waals surface area contributed by atoms with Crippen molar-refractivity contribution in [2.75, 3.05) is 42.6 Å². The summed E-state index contributed by atoms with van der Waals surface area (Å²) in [7, 11) is 0. The Kier molecular flexibility index (Phi) is 5.48. The van der Waals surface area contributed by atoms with Crippen molar-refractivity contribution in [3.8, 4) is 11.8 Å². The van der Waals surface area contributed by atoms with Crippen LogP contribution < -0.4 is 14.5 Å². The van der Waals surface area contributed by atoms with Gasteiger partial charge in [0.05, 0.1) is 24.7 Å². The molecule has 0 N–H and O–H groups in total. The van der Waals surface area contributed by atoms with E-state index in [9.17, 15) is 0 Å². The first kappa shape index (κ1) is 17.7. The number of nitrogens with zero attached hydrogens (tertiary/aromatic N) is 3. The summed E-state index contributed by atoms with van der Waals surface area (Å²) in [5, 5.41) is 8.54. The molecule has 0 unspecified atom stereocenters. The fourth-order valence-electron chi connectivity index (χ4n) is 4.35. The minimum atomic E-state index is 0.564. The van der Waals surface area contributed by atoms with Crippen molar-refractivity contribution in [2.45, 2.75) is 32.1 Å². The van der Waals surface area contributed by atoms with Crippen molar-refractivity contribution in [1.82, 2.24) is 0 Å².